The molecular weight excluding hydrogens is 260 g/mol. The summed E-state index contributed by atoms with van der Waals surface area (Å²) in [5.41, 5.74) is 7.78. The van der Waals surface area contributed by atoms with Crippen LogP contribution in [0.15, 0.2) is 41.0 Å². The Morgan fingerprint density at radius 3 is 2.68 bits per heavy atom. The second-order valence-electron chi connectivity index (χ2n) is 4.51. The summed E-state index contributed by atoms with van der Waals surface area (Å²) in [6.45, 7) is 5.18. The van der Waals surface area contributed by atoms with Crippen molar-refractivity contribution in [3.8, 4) is 0 Å². The van der Waals surface area contributed by atoms with Crippen molar-refractivity contribution in [2.75, 3.05) is 6.54 Å². The van der Waals surface area contributed by atoms with Crippen molar-refractivity contribution in [1.29, 1.82) is 0 Å². The standard InChI is InChI=1S/C15H19ClN2O/c1-2-18(11-14-4-3-7-19-14)10-13-6-5-12(9-17)8-15(13)16/h3-8H,2,9-11,17H2,1H3. The molecule has 0 saturated heterocycles. The summed E-state index contributed by atoms with van der Waals surface area (Å²) in [5, 5.41) is 0.779. The molecule has 0 fully saturated rings. The zero-order chi connectivity index (χ0) is 13.7. The van der Waals surface area contributed by atoms with Gasteiger partial charge in [0.1, 0.15) is 5.76 Å². The van der Waals surface area contributed by atoms with Crippen LogP contribution in [0.1, 0.15) is 23.8 Å². The first kappa shape index (κ1) is 14.1. The van der Waals surface area contributed by atoms with E-state index in [1.165, 1.54) is 0 Å². The predicted octanol–water partition coefficient (Wildman–Crippen LogP) is 3.41. The molecule has 0 unspecified atom stereocenters. The monoisotopic (exact) mass is 278 g/mol. The highest BCUT2D eigenvalue weighted by atomic mass is 35.5. The number of hydrogen-bond donors (Lipinski definition) is 1. The third kappa shape index (κ3) is 3.83. The van der Waals surface area contributed by atoms with E-state index < -0.39 is 0 Å². The van der Waals surface area contributed by atoms with Crippen LogP contribution in [0.5, 0.6) is 0 Å². The SMILES string of the molecule is CCN(Cc1ccco1)Cc1ccc(CN)cc1Cl. The molecule has 19 heavy (non-hydrogen) atoms. The van der Waals surface area contributed by atoms with Gasteiger partial charge in [0.2, 0.25) is 0 Å². The topological polar surface area (TPSA) is 42.4 Å². The Morgan fingerprint density at radius 1 is 1.26 bits per heavy atom. The second kappa shape index (κ2) is 6.75. The van der Waals surface area contributed by atoms with Gasteiger partial charge in [-0.2, -0.15) is 0 Å². The fraction of sp³-hybridized carbons (Fsp3) is 0.333. The molecule has 1 aromatic carbocycles. The quantitative estimate of drug-likeness (QED) is 0.880. The van der Waals surface area contributed by atoms with Gasteiger partial charge >= 0.3 is 0 Å². The van der Waals surface area contributed by atoms with E-state index in [4.69, 9.17) is 21.8 Å². The zero-order valence-corrected chi connectivity index (χ0v) is 11.9. The minimum atomic E-state index is 0.518. The highest BCUT2D eigenvalue weighted by molar-refractivity contribution is 6.31. The highest BCUT2D eigenvalue weighted by Gasteiger charge is 2.09. The zero-order valence-electron chi connectivity index (χ0n) is 11.1. The lowest BCUT2D eigenvalue weighted by Crippen LogP contribution is -2.22. The maximum atomic E-state index is 6.29. The average Bonchev–Trinajstić information content (AvgIpc) is 2.92. The molecule has 3 nitrogen and oxygen atoms in total. The number of halogens is 1. The van der Waals surface area contributed by atoms with Crippen LogP contribution in [-0.4, -0.2) is 11.4 Å². The van der Waals surface area contributed by atoms with Crippen molar-refractivity contribution in [3.05, 3.63) is 58.5 Å². The summed E-state index contributed by atoms with van der Waals surface area (Å²) < 4.78 is 5.38. The fourth-order valence-electron chi connectivity index (χ4n) is 1.99. The van der Waals surface area contributed by atoms with Crippen molar-refractivity contribution in [2.45, 2.75) is 26.6 Å². The van der Waals surface area contributed by atoms with Crippen LogP contribution in [-0.2, 0) is 19.6 Å². The molecule has 0 aliphatic carbocycles. The van der Waals surface area contributed by atoms with Gasteiger partial charge in [-0.15, -0.1) is 0 Å². The van der Waals surface area contributed by atoms with E-state index >= 15 is 0 Å². The van der Waals surface area contributed by atoms with Crippen molar-refractivity contribution in [2.24, 2.45) is 5.73 Å². The molecule has 0 aliphatic heterocycles. The largest absolute Gasteiger partial charge is 0.468 e. The van der Waals surface area contributed by atoms with Gasteiger partial charge in [0.15, 0.2) is 0 Å². The molecule has 0 aliphatic rings. The maximum Gasteiger partial charge on any atom is 0.117 e. The van der Waals surface area contributed by atoms with E-state index in [1.54, 1.807) is 6.26 Å². The van der Waals surface area contributed by atoms with Crippen molar-refractivity contribution >= 4 is 11.6 Å². The number of furan rings is 1. The van der Waals surface area contributed by atoms with Crippen LogP contribution in [0.3, 0.4) is 0 Å². The van der Waals surface area contributed by atoms with Gasteiger partial charge in [0.05, 0.1) is 12.8 Å². The van der Waals surface area contributed by atoms with Crippen molar-refractivity contribution < 1.29 is 4.42 Å². The Bertz CT molecular complexity index is 511. The maximum absolute atomic E-state index is 6.29. The molecule has 102 valence electrons. The van der Waals surface area contributed by atoms with Gasteiger partial charge in [0, 0.05) is 18.1 Å². The first-order chi connectivity index (χ1) is 9.22. The first-order valence-electron chi connectivity index (χ1n) is 6.45. The van der Waals surface area contributed by atoms with Gasteiger partial charge < -0.3 is 10.2 Å². The summed E-state index contributed by atoms with van der Waals surface area (Å²) in [4.78, 5) is 2.28. The van der Waals surface area contributed by atoms with E-state index in [9.17, 15) is 0 Å². The Morgan fingerprint density at radius 2 is 2.11 bits per heavy atom. The van der Waals surface area contributed by atoms with E-state index in [0.717, 1.165) is 41.5 Å². The number of benzene rings is 1. The molecule has 4 heteroatoms. The molecule has 2 N–H and O–H groups in total. The van der Waals surface area contributed by atoms with Crippen LogP contribution < -0.4 is 5.73 Å². The Balaban J connectivity index is 2.05. The smallest absolute Gasteiger partial charge is 0.117 e. The van der Waals surface area contributed by atoms with Gasteiger partial charge in [-0.25, -0.2) is 0 Å². The Kier molecular flexibility index (Phi) is 5.02. The summed E-state index contributed by atoms with van der Waals surface area (Å²) in [7, 11) is 0. The van der Waals surface area contributed by atoms with Crippen LogP contribution in [0.25, 0.3) is 0 Å². The minimum Gasteiger partial charge on any atom is -0.468 e. The predicted molar refractivity (Wildman–Crippen MR) is 77.8 cm³/mol. The molecular formula is C15H19ClN2O. The normalized spacial score (nSPS) is 11.2. The van der Waals surface area contributed by atoms with Gasteiger partial charge in [0.25, 0.3) is 0 Å². The molecule has 1 aromatic heterocycles. The summed E-state index contributed by atoms with van der Waals surface area (Å²) in [6.07, 6.45) is 1.70. The fourth-order valence-corrected chi connectivity index (χ4v) is 2.25. The molecule has 2 aromatic rings. The third-order valence-electron chi connectivity index (χ3n) is 3.15. The first-order valence-corrected chi connectivity index (χ1v) is 6.82. The van der Waals surface area contributed by atoms with Crippen LogP contribution >= 0.6 is 11.6 Å². The lowest BCUT2D eigenvalue weighted by molar-refractivity contribution is 0.248. The van der Waals surface area contributed by atoms with Crippen molar-refractivity contribution in [1.82, 2.24) is 4.90 Å². The van der Waals surface area contributed by atoms with Crippen LogP contribution in [0.4, 0.5) is 0 Å². The molecule has 0 saturated carbocycles. The van der Waals surface area contributed by atoms with Crippen LogP contribution in [0.2, 0.25) is 5.02 Å². The Hall–Kier alpha value is -1.29. The van der Waals surface area contributed by atoms with Crippen molar-refractivity contribution in [3.63, 3.8) is 0 Å². The summed E-state index contributed by atoms with van der Waals surface area (Å²) in [5.74, 6) is 0.969. The van der Waals surface area contributed by atoms with E-state index in [2.05, 4.69) is 17.9 Å². The molecule has 0 radical (unpaired) electrons. The third-order valence-corrected chi connectivity index (χ3v) is 3.51. The molecule has 1 heterocycles. The van der Waals surface area contributed by atoms with Gasteiger partial charge in [-0.05, 0) is 35.9 Å². The van der Waals surface area contributed by atoms with Crippen LogP contribution in [0, 0.1) is 0 Å². The lowest BCUT2D eigenvalue weighted by atomic mass is 10.1. The second-order valence-corrected chi connectivity index (χ2v) is 4.92. The van der Waals surface area contributed by atoms with E-state index in [1.807, 2.05) is 24.3 Å². The van der Waals surface area contributed by atoms with Gasteiger partial charge in [-0.1, -0.05) is 30.7 Å². The number of nitrogens with zero attached hydrogens (tertiary/aromatic N) is 1. The molecule has 2 rings (SSSR count). The average molecular weight is 279 g/mol. The number of hydrogen-bond acceptors (Lipinski definition) is 3. The summed E-state index contributed by atoms with van der Waals surface area (Å²) in [6, 6.07) is 9.92. The molecule has 0 bridgehead atoms. The Labute approximate surface area is 119 Å². The van der Waals surface area contributed by atoms with E-state index in [-0.39, 0.29) is 0 Å². The lowest BCUT2D eigenvalue weighted by Gasteiger charge is -2.20. The number of rotatable bonds is 6. The number of nitrogens with two attached hydrogens (primary N) is 1. The molecule has 0 atom stereocenters. The minimum absolute atomic E-state index is 0.518. The van der Waals surface area contributed by atoms with E-state index in [0.29, 0.717) is 6.54 Å². The highest BCUT2D eigenvalue weighted by Crippen LogP contribution is 2.20. The summed E-state index contributed by atoms with van der Waals surface area (Å²) >= 11 is 6.29. The molecule has 0 spiro atoms. The molecule has 0 amide bonds. The van der Waals surface area contributed by atoms with Gasteiger partial charge in [-0.3, -0.25) is 4.90 Å².